The number of ether oxygens (including phenoxy) is 1. The molecule has 0 rings (SSSR count). The van der Waals surface area contributed by atoms with E-state index in [2.05, 4.69) is 19.2 Å². The molecule has 0 radical (unpaired) electrons. The van der Waals surface area contributed by atoms with E-state index in [-0.39, 0.29) is 0 Å². The molecule has 0 fully saturated rings. The van der Waals surface area contributed by atoms with Crippen molar-refractivity contribution in [1.82, 2.24) is 5.32 Å². The molecule has 2 nitrogen and oxygen atoms in total. The highest BCUT2D eigenvalue weighted by atomic mass is 16.5. The van der Waals surface area contributed by atoms with Crippen LogP contribution in [-0.2, 0) is 4.74 Å². The Labute approximate surface area is 70.3 Å². The number of hydrogen-bond donors (Lipinski definition) is 1. The van der Waals surface area contributed by atoms with Crippen molar-refractivity contribution in [2.24, 2.45) is 5.92 Å². The van der Waals surface area contributed by atoms with Crippen LogP contribution in [0, 0.1) is 5.92 Å². The summed E-state index contributed by atoms with van der Waals surface area (Å²) in [5.74, 6) is 0.713. The maximum atomic E-state index is 5.10. The molecular formula is C9H21NO. The molecular weight excluding hydrogens is 138 g/mol. The van der Waals surface area contributed by atoms with Crippen LogP contribution in [0.1, 0.15) is 26.7 Å². The lowest BCUT2D eigenvalue weighted by molar-refractivity contribution is 0.144. The summed E-state index contributed by atoms with van der Waals surface area (Å²) in [7, 11) is 3.75. The lowest BCUT2D eigenvalue weighted by atomic mass is 9.98. The van der Waals surface area contributed by atoms with Crippen molar-refractivity contribution in [2.75, 3.05) is 20.8 Å². The monoisotopic (exact) mass is 159 g/mol. The van der Waals surface area contributed by atoms with Crippen molar-refractivity contribution in [3.63, 3.8) is 0 Å². The topological polar surface area (TPSA) is 21.3 Å². The van der Waals surface area contributed by atoms with E-state index in [9.17, 15) is 0 Å². The van der Waals surface area contributed by atoms with Gasteiger partial charge in [-0.25, -0.2) is 0 Å². The number of nitrogens with one attached hydrogen (secondary N) is 1. The lowest BCUT2D eigenvalue weighted by Gasteiger charge is -2.22. The summed E-state index contributed by atoms with van der Waals surface area (Å²) in [5.41, 5.74) is 0. The third kappa shape index (κ3) is 4.38. The molecule has 0 bridgehead atoms. The minimum atomic E-state index is 0.514. The Kier molecular flexibility index (Phi) is 6.57. The molecule has 0 aromatic rings. The summed E-state index contributed by atoms with van der Waals surface area (Å²) in [6, 6.07) is 0.514. The zero-order valence-electron chi connectivity index (χ0n) is 8.18. The van der Waals surface area contributed by atoms with Crippen molar-refractivity contribution >= 4 is 0 Å². The van der Waals surface area contributed by atoms with Crippen molar-refractivity contribution in [3.8, 4) is 0 Å². The summed E-state index contributed by atoms with van der Waals surface area (Å²) in [6.07, 6.45) is 2.53. The molecule has 0 heterocycles. The van der Waals surface area contributed by atoms with Crippen molar-refractivity contribution < 1.29 is 4.74 Å². The highest BCUT2D eigenvalue weighted by molar-refractivity contribution is 4.70. The molecule has 0 saturated carbocycles. The first-order valence-electron chi connectivity index (χ1n) is 4.42. The first-order chi connectivity index (χ1) is 5.26. The Balaban J connectivity index is 3.61. The molecule has 68 valence electrons. The van der Waals surface area contributed by atoms with Crippen LogP contribution in [-0.4, -0.2) is 26.8 Å². The molecule has 0 spiro atoms. The van der Waals surface area contributed by atoms with Crippen LogP contribution < -0.4 is 5.32 Å². The number of rotatable bonds is 6. The van der Waals surface area contributed by atoms with Crippen LogP contribution in [0.15, 0.2) is 0 Å². The van der Waals surface area contributed by atoms with Gasteiger partial charge in [0.05, 0.1) is 6.61 Å². The average Bonchev–Trinajstić information content (AvgIpc) is 2.00. The first kappa shape index (κ1) is 10.9. The van der Waals surface area contributed by atoms with Gasteiger partial charge in [0.2, 0.25) is 0 Å². The largest absolute Gasteiger partial charge is 0.383 e. The van der Waals surface area contributed by atoms with E-state index in [1.165, 1.54) is 12.8 Å². The fraction of sp³-hybridized carbons (Fsp3) is 1.00. The van der Waals surface area contributed by atoms with E-state index in [4.69, 9.17) is 4.74 Å². The molecule has 1 N–H and O–H groups in total. The highest BCUT2D eigenvalue weighted by Gasteiger charge is 2.13. The van der Waals surface area contributed by atoms with Gasteiger partial charge < -0.3 is 10.1 Å². The van der Waals surface area contributed by atoms with Crippen LogP contribution >= 0.6 is 0 Å². The Morgan fingerprint density at radius 3 is 2.45 bits per heavy atom. The predicted molar refractivity (Wildman–Crippen MR) is 48.8 cm³/mol. The van der Waals surface area contributed by atoms with Crippen LogP contribution in [0.4, 0.5) is 0 Å². The summed E-state index contributed by atoms with van der Waals surface area (Å²) in [6.45, 7) is 5.30. The van der Waals surface area contributed by atoms with Crippen LogP contribution in [0.25, 0.3) is 0 Å². The van der Waals surface area contributed by atoms with Crippen molar-refractivity contribution in [3.05, 3.63) is 0 Å². The zero-order chi connectivity index (χ0) is 8.69. The summed E-state index contributed by atoms with van der Waals surface area (Å²) < 4.78 is 5.10. The van der Waals surface area contributed by atoms with Crippen LogP contribution in [0.3, 0.4) is 0 Å². The second-order valence-corrected chi connectivity index (χ2v) is 3.12. The van der Waals surface area contributed by atoms with Gasteiger partial charge >= 0.3 is 0 Å². The minimum absolute atomic E-state index is 0.514. The van der Waals surface area contributed by atoms with Gasteiger partial charge in [-0.3, -0.25) is 0 Å². The normalized spacial score (nSPS) is 16.4. The van der Waals surface area contributed by atoms with Crippen molar-refractivity contribution in [2.45, 2.75) is 32.7 Å². The number of methoxy groups -OCH3 is 1. The highest BCUT2D eigenvalue weighted by Crippen LogP contribution is 2.10. The van der Waals surface area contributed by atoms with Crippen LogP contribution in [0.5, 0.6) is 0 Å². The van der Waals surface area contributed by atoms with E-state index in [1.807, 2.05) is 7.05 Å². The van der Waals surface area contributed by atoms with E-state index in [0.717, 1.165) is 6.61 Å². The van der Waals surface area contributed by atoms with Gasteiger partial charge in [0.1, 0.15) is 0 Å². The molecule has 0 saturated heterocycles. The zero-order valence-corrected chi connectivity index (χ0v) is 8.18. The fourth-order valence-corrected chi connectivity index (χ4v) is 1.37. The Morgan fingerprint density at radius 1 is 1.45 bits per heavy atom. The maximum Gasteiger partial charge on any atom is 0.0618 e. The van der Waals surface area contributed by atoms with E-state index < -0.39 is 0 Å². The molecule has 11 heavy (non-hydrogen) atoms. The number of hydrogen-bond acceptors (Lipinski definition) is 2. The summed E-state index contributed by atoms with van der Waals surface area (Å²) >= 11 is 0. The molecule has 0 aliphatic heterocycles. The Hall–Kier alpha value is -0.0800. The van der Waals surface area contributed by atoms with Gasteiger partial charge in [0.25, 0.3) is 0 Å². The van der Waals surface area contributed by atoms with Gasteiger partial charge in [0.15, 0.2) is 0 Å². The Bertz CT molecular complexity index is 85.6. The Morgan fingerprint density at radius 2 is 2.09 bits per heavy atom. The van der Waals surface area contributed by atoms with Crippen molar-refractivity contribution in [1.29, 1.82) is 0 Å². The quantitative estimate of drug-likeness (QED) is 0.636. The second kappa shape index (κ2) is 6.62. The molecule has 2 unspecified atom stereocenters. The van der Waals surface area contributed by atoms with Gasteiger partial charge in [0, 0.05) is 13.2 Å². The second-order valence-electron chi connectivity index (χ2n) is 3.12. The molecule has 2 atom stereocenters. The van der Waals surface area contributed by atoms with Gasteiger partial charge in [-0.15, -0.1) is 0 Å². The molecule has 0 aromatic carbocycles. The predicted octanol–water partition coefficient (Wildman–Crippen LogP) is 1.66. The lowest BCUT2D eigenvalue weighted by Crippen LogP contribution is -2.36. The fourth-order valence-electron chi connectivity index (χ4n) is 1.37. The minimum Gasteiger partial charge on any atom is -0.383 e. The van der Waals surface area contributed by atoms with Gasteiger partial charge in [-0.05, 0) is 19.4 Å². The first-order valence-corrected chi connectivity index (χ1v) is 4.42. The molecule has 0 amide bonds. The number of likely N-dealkylation sites (N-methyl/N-ethyl adjacent to an activating group) is 1. The smallest absolute Gasteiger partial charge is 0.0618 e. The van der Waals surface area contributed by atoms with Gasteiger partial charge in [-0.2, -0.15) is 0 Å². The van der Waals surface area contributed by atoms with Crippen LogP contribution in [0.2, 0.25) is 0 Å². The SMILES string of the molecule is CCCC(C)C(COC)NC. The summed E-state index contributed by atoms with van der Waals surface area (Å²) in [4.78, 5) is 0. The molecule has 2 heteroatoms. The van der Waals surface area contributed by atoms with Gasteiger partial charge in [-0.1, -0.05) is 20.3 Å². The standard InChI is InChI=1S/C9H21NO/c1-5-6-8(2)9(10-3)7-11-4/h8-10H,5-7H2,1-4H3. The third-order valence-corrected chi connectivity index (χ3v) is 2.15. The third-order valence-electron chi connectivity index (χ3n) is 2.15. The van der Waals surface area contributed by atoms with E-state index >= 15 is 0 Å². The summed E-state index contributed by atoms with van der Waals surface area (Å²) in [5, 5.41) is 3.26. The molecule has 0 aromatic heterocycles. The van der Waals surface area contributed by atoms with E-state index in [0.29, 0.717) is 12.0 Å². The average molecular weight is 159 g/mol. The molecule has 0 aliphatic rings. The van der Waals surface area contributed by atoms with E-state index in [1.54, 1.807) is 7.11 Å². The maximum absolute atomic E-state index is 5.10. The molecule has 0 aliphatic carbocycles.